The summed E-state index contributed by atoms with van der Waals surface area (Å²) in [5.74, 6) is 0.615. The number of halogens is 4. The Bertz CT molecular complexity index is 1380. The van der Waals surface area contributed by atoms with Crippen molar-refractivity contribution >= 4 is 60.6 Å². The SMILES string of the molecule is Cc1nc2ccc(Br)cc2c(=O)n1N=Cc1cc(Cl)c(OCc2ccc(F)cc2)c(Br)c1. The quantitative estimate of drug-likeness (QED) is 0.254. The van der Waals surface area contributed by atoms with Crippen LogP contribution in [0.1, 0.15) is 17.0 Å². The molecular formula is C23H15Br2ClFN3O2. The summed E-state index contributed by atoms with van der Waals surface area (Å²) < 4.78 is 21.5. The van der Waals surface area contributed by atoms with E-state index in [9.17, 15) is 9.18 Å². The predicted molar refractivity (Wildman–Crippen MR) is 131 cm³/mol. The lowest BCUT2D eigenvalue weighted by Crippen LogP contribution is -2.20. The van der Waals surface area contributed by atoms with Gasteiger partial charge in [-0.3, -0.25) is 4.79 Å². The number of hydrogen-bond acceptors (Lipinski definition) is 4. The molecule has 32 heavy (non-hydrogen) atoms. The highest BCUT2D eigenvalue weighted by molar-refractivity contribution is 9.10. The summed E-state index contributed by atoms with van der Waals surface area (Å²) in [5.41, 5.74) is 1.81. The zero-order valence-corrected chi connectivity index (χ0v) is 20.6. The number of aromatic nitrogens is 2. The molecule has 1 aromatic heterocycles. The van der Waals surface area contributed by atoms with Gasteiger partial charge in [0.15, 0.2) is 5.75 Å². The summed E-state index contributed by atoms with van der Waals surface area (Å²) in [4.78, 5) is 17.3. The van der Waals surface area contributed by atoms with Crippen LogP contribution in [-0.4, -0.2) is 15.9 Å². The Balaban J connectivity index is 1.60. The van der Waals surface area contributed by atoms with Crippen molar-refractivity contribution in [2.45, 2.75) is 13.5 Å². The van der Waals surface area contributed by atoms with E-state index in [2.05, 4.69) is 41.9 Å². The van der Waals surface area contributed by atoms with Gasteiger partial charge < -0.3 is 4.74 Å². The van der Waals surface area contributed by atoms with Crippen LogP contribution in [0.5, 0.6) is 5.75 Å². The summed E-state index contributed by atoms with van der Waals surface area (Å²) in [6.07, 6.45) is 1.53. The molecule has 9 heteroatoms. The van der Waals surface area contributed by atoms with Crippen LogP contribution < -0.4 is 10.3 Å². The maximum Gasteiger partial charge on any atom is 0.282 e. The van der Waals surface area contributed by atoms with Crippen LogP contribution in [0.15, 0.2) is 73.4 Å². The molecule has 0 saturated carbocycles. The summed E-state index contributed by atoms with van der Waals surface area (Å²) in [7, 11) is 0. The lowest BCUT2D eigenvalue weighted by atomic mass is 10.2. The molecule has 4 rings (SSSR count). The molecule has 3 aromatic carbocycles. The first-order chi connectivity index (χ1) is 15.3. The van der Waals surface area contributed by atoms with Crippen molar-refractivity contribution in [1.29, 1.82) is 0 Å². The molecular weight excluding hydrogens is 565 g/mol. The van der Waals surface area contributed by atoms with Crippen molar-refractivity contribution in [3.05, 3.63) is 102 Å². The number of ether oxygens (including phenoxy) is 1. The molecule has 0 fully saturated rings. The van der Waals surface area contributed by atoms with E-state index < -0.39 is 0 Å². The van der Waals surface area contributed by atoms with Crippen molar-refractivity contribution < 1.29 is 9.13 Å². The van der Waals surface area contributed by atoms with Crippen molar-refractivity contribution in [1.82, 2.24) is 9.66 Å². The highest BCUT2D eigenvalue weighted by atomic mass is 79.9. The first-order valence-corrected chi connectivity index (χ1v) is 11.4. The zero-order valence-electron chi connectivity index (χ0n) is 16.7. The van der Waals surface area contributed by atoms with Gasteiger partial charge in [-0.25, -0.2) is 9.37 Å². The second kappa shape index (κ2) is 9.52. The van der Waals surface area contributed by atoms with E-state index in [0.29, 0.717) is 37.5 Å². The number of aryl methyl sites for hydroxylation is 1. The summed E-state index contributed by atoms with van der Waals surface area (Å²) >= 11 is 13.2. The van der Waals surface area contributed by atoms with E-state index in [4.69, 9.17) is 16.3 Å². The third kappa shape index (κ3) is 4.92. The molecule has 0 spiro atoms. The van der Waals surface area contributed by atoms with Gasteiger partial charge in [-0.05, 0) is 76.4 Å². The normalized spacial score (nSPS) is 11.4. The van der Waals surface area contributed by atoms with Gasteiger partial charge in [0.25, 0.3) is 5.56 Å². The van der Waals surface area contributed by atoms with Gasteiger partial charge in [-0.2, -0.15) is 9.78 Å². The molecule has 162 valence electrons. The fourth-order valence-corrected chi connectivity index (χ4v) is 4.40. The topological polar surface area (TPSA) is 56.5 Å². The van der Waals surface area contributed by atoms with E-state index >= 15 is 0 Å². The van der Waals surface area contributed by atoms with E-state index in [1.807, 2.05) is 6.07 Å². The first-order valence-electron chi connectivity index (χ1n) is 9.41. The van der Waals surface area contributed by atoms with E-state index in [1.165, 1.54) is 23.0 Å². The minimum absolute atomic E-state index is 0.235. The molecule has 4 aromatic rings. The van der Waals surface area contributed by atoms with Gasteiger partial charge in [-0.15, -0.1) is 0 Å². The molecule has 0 unspecified atom stereocenters. The third-order valence-corrected chi connectivity index (χ3v) is 5.97. The lowest BCUT2D eigenvalue weighted by molar-refractivity contribution is 0.304. The standard InChI is InChI=1S/C23H15Br2ClFN3O2/c1-13-29-21-7-4-16(24)10-18(21)23(31)30(13)28-11-15-8-19(25)22(20(26)9-15)32-12-14-2-5-17(27)6-3-14/h2-11H,12H2,1H3. The average Bonchev–Trinajstić information content (AvgIpc) is 2.75. The Morgan fingerprint density at radius 3 is 2.62 bits per heavy atom. The molecule has 0 aliphatic heterocycles. The van der Waals surface area contributed by atoms with Gasteiger partial charge in [0.2, 0.25) is 0 Å². The molecule has 1 heterocycles. The molecule has 0 N–H and O–H groups in total. The highest BCUT2D eigenvalue weighted by Gasteiger charge is 2.11. The van der Waals surface area contributed by atoms with E-state index in [-0.39, 0.29) is 18.0 Å². The molecule has 5 nitrogen and oxygen atoms in total. The van der Waals surface area contributed by atoms with Crippen molar-refractivity contribution in [3.8, 4) is 5.75 Å². The average molecular weight is 580 g/mol. The second-order valence-corrected chi connectivity index (χ2v) is 9.09. The number of rotatable bonds is 5. The van der Waals surface area contributed by atoms with Crippen LogP contribution in [0.3, 0.4) is 0 Å². The van der Waals surface area contributed by atoms with Crippen LogP contribution in [-0.2, 0) is 6.61 Å². The van der Waals surface area contributed by atoms with Crippen LogP contribution in [0.4, 0.5) is 4.39 Å². The molecule has 0 saturated heterocycles. The summed E-state index contributed by atoms with van der Waals surface area (Å²) in [5, 5.41) is 5.15. The van der Waals surface area contributed by atoms with Crippen molar-refractivity contribution in [3.63, 3.8) is 0 Å². The molecule has 0 amide bonds. The van der Waals surface area contributed by atoms with Crippen molar-refractivity contribution in [2.75, 3.05) is 0 Å². The van der Waals surface area contributed by atoms with Crippen LogP contribution in [0, 0.1) is 12.7 Å². The molecule has 0 aliphatic rings. The largest absolute Gasteiger partial charge is 0.486 e. The maximum atomic E-state index is 13.1. The lowest BCUT2D eigenvalue weighted by Gasteiger charge is -2.11. The Morgan fingerprint density at radius 2 is 1.91 bits per heavy atom. The first kappa shape index (κ1) is 22.6. The fraction of sp³-hybridized carbons (Fsp3) is 0.0870. The monoisotopic (exact) mass is 577 g/mol. The van der Waals surface area contributed by atoms with Gasteiger partial charge >= 0.3 is 0 Å². The molecule has 0 atom stereocenters. The second-order valence-electron chi connectivity index (χ2n) is 6.91. The number of hydrogen-bond donors (Lipinski definition) is 0. The van der Waals surface area contributed by atoms with E-state index in [0.717, 1.165) is 10.0 Å². The fourth-order valence-electron chi connectivity index (χ4n) is 3.05. The summed E-state index contributed by atoms with van der Waals surface area (Å²) in [6, 6.07) is 14.8. The number of fused-ring (bicyclic) bond motifs is 1. The number of benzene rings is 3. The van der Waals surface area contributed by atoms with Crippen LogP contribution in [0.2, 0.25) is 5.02 Å². The van der Waals surface area contributed by atoms with Gasteiger partial charge in [0.05, 0.1) is 26.6 Å². The van der Waals surface area contributed by atoms with Gasteiger partial charge in [0, 0.05) is 4.47 Å². The number of nitrogens with zero attached hydrogens (tertiary/aromatic N) is 3. The van der Waals surface area contributed by atoms with Crippen LogP contribution in [0.25, 0.3) is 10.9 Å². The van der Waals surface area contributed by atoms with Gasteiger partial charge in [0.1, 0.15) is 18.2 Å². The molecule has 0 radical (unpaired) electrons. The zero-order chi connectivity index (χ0) is 22.8. The predicted octanol–water partition coefficient (Wildman–Crippen LogP) is 6.48. The van der Waals surface area contributed by atoms with E-state index in [1.54, 1.807) is 43.3 Å². The Hall–Kier alpha value is -2.55. The highest BCUT2D eigenvalue weighted by Crippen LogP contribution is 2.34. The third-order valence-electron chi connectivity index (χ3n) is 4.61. The Labute approximate surface area is 204 Å². The summed E-state index contributed by atoms with van der Waals surface area (Å²) in [6.45, 7) is 1.95. The molecule has 0 aliphatic carbocycles. The Kier molecular flexibility index (Phi) is 6.74. The smallest absolute Gasteiger partial charge is 0.282 e. The van der Waals surface area contributed by atoms with Crippen molar-refractivity contribution in [2.24, 2.45) is 5.10 Å². The molecule has 0 bridgehead atoms. The minimum Gasteiger partial charge on any atom is -0.486 e. The maximum absolute atomic E-state index is 13.1. The Morgan fingerprint density at radius 1 is 1.16 bits per heavy atom. The van der Waals surface area contributed by atoms with Gasteiger partial charge in [-0.1, -0.05) is 39.7 Å². The minimum atomic E-state index is -0.305. The van der Waals surface area contributed by atoms with Crippen LogP contribution >= 0.6 is 43.5 Å².